The molecule has 0 aliphatic carbocycles. The fourth-order valence-electron chi connectivity index (χ4n) is 4.57. The van der Waals surface area contributed by atoms with E-state index in [-0.39, 0.29) is 16.7 Å². The molecule has 0 bridgehead atoms. The number of rotatable bonds is 5. The number of sulfone groups is 1. The Bertz CT molecular complexity index is 1640. The van der Waals surface area contributed by atoms with E-state index in [9.17, 15) is 18.0 Å². The van der Waals surface area contributed by atoms with Crippen molar-refractivity contribution in [1.29, 1.82) is 0 Å². The van der Waals surface area contributed by atoms with Crippen molar-refractivity contribution >= 4 is 66.3 Å². The second-order valence-corrected chi connectivity index (χ2v) is 11.1. The zero-order chi connectivity index (χ0) is 26.3. The van der Waals surface area contributed by atoms with E-state index in [0.29, 0.717) is 59.8 Å². The molecule has 2 aromatic heterocycles. The van der Waals surface area contributed by atoms with Crippen LogP contribution in [0.5, 0.6) is 0 Å². The quantitative estimate of drug-likeness (QED) is 0.364. The van der Waals surface area contributed by atoms with Gasteiger partial charge in [-0.25, -0.2) is 13.4 Å². The average Bonchev–Trinajstić information content (AvgIpc) is 3.34. The first kappa shape index (κ1) is 24.5. The number of hydrogen-bond acceptors (Lipinski definition) is 8. The molecule has 1 saturated heterocycles. The number of carbonyl (C=O) groups is 2. The lowest BCUT2D eigenvalue weighted by atomic mass is 10.1. The highest BCUT2D eigenvalue weighted by Crippen LogP contribution is 2.34. The van der Waals surface area contributed by atoms with E-state index in [4.69, 9.17) is 4.98 Å². The summed E-state index contributed by atoms with van der Waals surface area (Å²) in [6, 6.07) is 10.5. The van der Waals surface area contributed by atoms with Crippen molar-refractivity contribution in [2.75, 3.05) is 48.0 Å². The molecule has 1 fully saturated rings. The SMILES string of the molecule is CC(=O)Nc1cc(Nc2nc3ccc(S(C)(=O)=O)cc3c3cn[nH]c23)ccc1N1CCN(C(C)=O)CC1. The summed E-state index contributed by atoms with van der Waals surface area (Å²) >= 11 is 0. The van der Waals surface area contributed by atoms with Gasteiger partial charge in [0, 0.05) is 62.7 Å². The molecule has 0 atom stereocenters. The molecular formula is C25H27N7O4S. The van der Waals surface area contributed by atoms with Crippen LogP contribution in [0.15, 0.2) is 47.5 Å². The molecule has 0 saturated carbocycles. The van der Waals surface area contributed by atoms with Crippen molar-refractivity contribution in [1.82, 2.24) is 20.1 Å². The highest BCUT2D eigenvalue weighted by atomic mass is 32.2. The third-order valence-corrected chi connectivity index (χ3v) is 7.54. The van der Waals surface area contributed by atoms with Crippen LogP contribution in [-0.4, -0.2) is 72.7 Å². The number of aromatic amines is 1. The summed E-state index contributed by atoms with van der Waals surface area (Å²) < 4.78 is 24.1. The van der Waals surface area contributed by atoms with Gasteiger partial charge >= 0.3 is 0 Å². The molecule has 0 radical (unpaired) electrons. The second-order valence-electron chi connectivity index (χ2n) is 9.10. The molecule has 3 heterocycles. The van der Waals surface area contributed by atoms with Crippen molar-refractivity contribution in [3.8, 4) is 0 Å². The van der Waals surface area contributed by atoms with Crippen molar-refractivity contribution in [2.45, 2.75) is 18.7 Å². The van der Waals surface area contributed by atoms with Gasteiger partial charge in [-0.15, -0.1) is 0 Å². The first-order valence-electron chi connectivity index (χ1n) is 11.8. The molecule has 0 unspecified atom stereocenters. The van der Waals surface area contributed by atoms with Gasteiger partial charge in [-0.2, -0.15) is 5.10 Å². The Morgan fingerprint density at radius 2 is 1.76 bits per heavy atom. The number of amides is 2. The zero-order valence-electron chi connectivity index (χ0n) is 20.7. The fourth-order valence-corrected chi connectivity index (χ4v) is 5.22. The third-order valence-electron chi connectivity index (χ3n) is 6.43. The van der Waals surface area contributed by atoms with Crippen molar-refractivity contribution < 1.29 is 18.0 Å². The van der Waals surface area contributed by atoms with E-state index in [0.717, 1.165) is 11.1 Å². The molecule has 192 valence electrons. The summed E-state index contributed by atoms with van der Waals surface area (Å²) in [4.78, 5) is 32.5. The number of hydrogen-bond donors (Lipinski definition) is 3. The van der Waals surface area contributed by atoms with Crippen LogP contribution in [0.2, 0.25) is 0 Å². The van der Waals surface area contributed by atoms with E-state index >= 15 is 0 Å². The minimum atomic E-state index is -3.37. The number of H-pyrrole nitrogens is 1. The largest absolute Gasteiger partial charge is 0.366 e. The average molecular weight is 522 g/mol. The van der Waals surface area contributed by atoms with Crippen LogP contribution in [0.1, 0.15) is 13.8 Å². The van der Waals surface area contributed by atoms with Crippen LogP contribution >= 0.6 is 0 Å². The fraction of sp³-hybridized carbons (Fsp3) is 0.280. The minimum absolute atomic E-state index is 0.0573. The van der Waals surface area contributed by atoms with Crippen LogP contribution in [0, 0.1) is 0 Å². The standard InChI is InChI=1S/C25H27N7O4S/c1-15(33)27-22-12-17(4-7-23(22)32-10-8-31(9-11-32)16(2)34)28-25-24-20(14-26-30-24)19-13-18(37(3,35)36)5-6-21(19)29-25/h4-7,12-14H,8-11H2,1-3H3,(H,26,30)(H,27,33)(H,28,29). The Kier molecular flexibility index (Phi) is 6.20. The number of aromatic nitrogens is 3. The summed E-state index contributed by atoms with van der Waals surface area (Å²) in [5.41, 5.74) is 3.46. The molecule has 2 aromatic carbocycles. The maximum Gasteiger partial charge on any atom is 0.221 e. The molecule has 37 heavy (non-hydrogen) atoms. The van der Waals surface area contributed by atoms with Crippen LogP contribution in [0.3, 0.4) is 0 Å². The van der Waals surface area contributed by atoms with Gasteiger partial charge in [0.25, 0.3) is 0 Å². The lowest BCUT2D eigenvalue weighted by Gasteiger charge is -2.36. The normalized spacial score (nSPS) is 14.2. The van der Waals surface area contributed by atoms with Gasteiger partial charge in [0.2, 0.25) is 11.8 Å². The van der Waals surface area contributed by atoms with Gasteiger partial charge in [0.15, 0.2) is 15.7 Å². The lowest BCUT2D eigenvalue weighted by molar-refractivity contribution is -0.129. The second kappa shape index (κ2) is 9.36. The topological polar surface area (TPSA) is 140 Å². The number of pyridine rings is 1. The minimum Gasteiger partial charge on any atom is -0.366 e. The van der Waals surface area contributed by atoms with Crippen LogP contribution in [-0.2, 0) is 19.4 Å². The highest BCUT2D eigenvalue weighted by Gasteiger charge is 2.22. The summed E-state index contributed by atoms with van der Waals surface area (Å²) in [6.07, 6.45) is 2.81. The molecule has 12 heteroatoms. The van der Waals surface area contributed by atoms with Gasteiger partial charge in [-0.3, -0.25) is 14.7 Å². The Labute approximate surface area is 213 Å². The third kappa shape index (κ3) is 4.92. The Balaban J connectivity index is 1.50. The van der Waals surface area contributed by atoms with Gasteiger partial charge in [0.1, 0.15) is 5.52 Å². The predicted molar refractivity (Wildman–Crippen MR) is 143 cm³/mol. The zero-order valence-corrected chi connectivity index (χ0v) is 21.5. The smallest absolute Gasteiger partial charge is 0.221 e. The highest BCUT2D eigenvalue weighted by molar-refractivity contribution is 7.90. The molecule has 1 aliphatic heterocycles. The van der Waals surface area contributed by atoms with Crippen LogP contribution < -0.4 is 15.5 Å². The lowest BCUT2D eigenvalue weighted by Crippen LogP contribution is -2.48. The predicted octanol–water partition coefficient (Wildman–Crippen LogP) is 2.89. The summed E-state index contributed by atoms with van der Waals surface area (Å²) in [7, 11) is -3.37. The number of anilines is 4. The first-order valence-corrected chi connectivity index (χ1v) is 13.7. The maximum atomic E-state index is 12.0. The molecule has 5 rings (SSSR count). The molecule has 3 N–H and O–H groups in total. The van der Waals surface area contributed by atoms with E-state index in [1.807, 2.05) is 23.1 Å². The number of piperazine rings is 1. The van der Waals surface area contributed by atoms with E-state index < -0.39 is 9.84 Å². The summed E-state index contributed by atoms with van der Waals surface area (Å²) in [5, 5.41) is 14.7. The summed E-state index contributed by atoms with van der Waals surface area (Å²) in [6.45, 7) is 5.59. The number of benzene rings is 2. The number of nitrogens with zero attached hydrogens (tertiary/aromatic N) is 4. The van der Waals surface area contributed by atoms with Crippen molar-refractivity contribution in [2.24, 2.45) is 0 Å². The summed E-state index contributed by atoms with van der Waals surface area (Å²) in [5.74, 6) is 0.382. The maximum absolute atomic E-state index is 12.0. The van der Waals surface area contributed by atoms with Gasteiger partial charge < -0.3 is 20.4 Å². The Hall–Kier alpha value is -4.19. The molecule has 11 nitrogen and oxygen atoms in total. The van der Waals surface area contributed by atoms with Crippen molar-refractivity contribution in [3.63, 3.8) is 0 Å². The number of fused-ring (bicyclic) bond motifs is 3. The van der Waals surface area contributed by atoms with Gasteiger partial charge in [0.05, 0.1) is 28.0 Å². The molecule has 0 spiro atoms. The monoisotopic (exact) mass is 521 g/mol. The van der Waals surface area contributed by atoms with Crippen LogP contribution in [0.25, 0.3) is 21.8 Å². The number of carbonyl (C=O) groups excluding carboxylic acids is 2. The molecule has 4 aromatic rings. The molecular weight excluding hydrogens is 494 g/mol. The van der Waals surface area contributed by atoms with E-state index in [1.165, 1.54) is 19.2 Å². The first-order chi connectivity index (χ1) is 17.6. The van der Waals surface area contributed by atoms with Gasteiger partial charge in [-0.1, -0.05) is 0 Å². The van der Waals surface area contributed by atoms with Crippen molar-refractivity contribution in [3.05, 3.63) is 42.6 Å². The van der Waals surface area contributed by atoms with E-state index in [1.54, 1.807) is 25.3 Å². The Morgan fingerprint density at radius 3 is 2.43 bits per heavy atom. The van der Waals surface area contributed by atoms with Gasteiger partial charge in [-0.05, 0) is 36.4 Å². The molecule has 2 amide bonds. The van der Waals surface area contributed by atoms with Crippen LogP contribution in [0.4, 0.5) is 22.9 Å². The Morgan fingerprint density at radius 1 is 1.00 bits per heavy atom. The molecule has 1 aliphatic rings. The van der Waals surface area contributed by atoms with E-state index in [2.05, 4.69) is 25.7 Å². The number of nitrogens with one attached hydrogen (secondary N) is 3.